The fraction of sp³-hybridized carbons (Fsp3) is 0.727. The lowest BCUT2D eigenvalue weighted by Crippen LogP contribution is -2.34. The Bertz CT molecular complexity index is 379. The molecule has 1 aliphatic heterocycles. The van der Waals surface area contributed by atoms with Crippen molar-refractivity contribution >= 4 is 12.2 Å². The van der Waals surface area contributed by atoms with Crippen LogP contribution in [-0.4, -0.2) is 34.6 Å². The lowest BCUT2D eigenvalue weighted by molar-refractivity contribution is 0.209. The predicted molar refractivity (Wildman–Crippen MR) is 64.8 cm³/mol. The molecule has 1 aromatic heterocycles. The Kier molecular flexibility index (Phi) is 3.26. The van der Waals surface area contributed by atoms with Gasteiger partial charge in [-0.15, -0.1) is 0 Å². The van der Waals surface area contributed by atoms with E-state index in [0.29, 0.717) is 6.04 Å². The molecule has 1 aromatic rings. The highest BCUT2D eigenvalue weighted by atomic mass is 32.1. The summed E-state index contributed by atoms with van der Waals surface area (Å²) in [5.41, 5.74) is 1.33. The van der Waals surface area contributed by atoms with Crippen LogP contribution in [0.15, 0.2) is 6.20 Å². The zero-order chi connectivity index (χ0) is 10.8. The SMILES string of the molecule is CCc1c[nH]c(=S)n1C1CCCN(C)C1. The summed E-state index contributed by atoms with van der Waals surface area (Å²) in [4.78, 5) is 5.55. The molecule has 3 nitrogen and oxygen atoms in total. The minimum Gasteiger partial charge on any atom is -0.337 e. The van der Waals surface area contributed by atoms with Crippen LogP contribution < -0.4 is 0 Å². The Labute approximate surface area is 96.1 Å². The third-order valence-electron chi connectivity index (χ3n) is 3.22. The van der Waals surface area contributed by atoms with E-state index in [2.05, 4.69) is 34.6 Å². The van der Waals surface area contributed by atoms with Crippen LogP contribution in [0.4, 0.5) is 0 Å². The van der Waals surface area contributed by atoms with E-state index in [1.54, 1.807) is 0 Å². The molecule has 1 atom stereocenters. The van der Waals surface area contributed by atoms with Crippen LogP contribution in [0.25, 0.3) is 0 Å². The number of aromatic nitrogens is 2. The van der Waals surface area contributed by atoms with E-state index in [9.17, 15) is 0 Å². The molecule has 2 heterocycles. The molecule has 1 fully saturated rings. The Balaban J connectivity index is 2.27. The maximum Gasteiger partial charge on any atom is 0.177 e. The molecule has 2 rings (SSSR count). The zero-order valence-corrected chi connectivity index (χ0v) is 10.3. The summed E-state index contributed by atoms with van der Waals surface area (Å²) in [6, 6.07) is 0.567. The summed E-state index contributed by atoms with van der Waals surface area (Å²) < 4.78 is 3.19. The van der Waals surface area contributed by atoms with Crippen molar-refractivity contribution in [2.75, 3.05) is 20.1 Å². The number of piperidine rings is 1. The number of likely N-dealkylation sites (N-methyl/N-ethyl adjacent to an activating group) is 1. The third-order valence-corrected chi connectivity index (χ3v) is 3.53. The first kappa shape index (κ1) is 10.9. The molecule has 0 bridgehead atoms. The van der Waals surface area contributed by atoms with Crippen LogP contribution >= 0.6 is 12.2 Å². The lowest BCUT2D eigenvalue weighted by Gasteiger charge is -2.31. The minimum atomic E-state index is 0.567. The standard InChI is InChI=1S/C11H19N3S/c1-3-9-7-12-11(15)14(9)10-5-4-6-13(2)8-10/h7,10H,3-6,8H2,1-2H3,(H,12,15). The molecule has 0 spiro atoms. The first-order chi connectivity index (χ1) is 7.22. The number of aryl methyl sites for hydroxylation is 1. The normalized spacial score (nSPS) is 23.2. The number of rotatable bonds is 2. The van der Waals surface area contributed by atoms with Gasteiger partial charge >= 0.3 is 0 Å². The van der Waals surface area contributed by atoms with Crippen LogP contribution in [0, 0.1) is 4.77 Å². The first-order valence-corrected chi connectivity index (χ1v) is 6.10. The topological polar surface area (TPSA) is 24.0 Å². The number of hydrogen-bond acceptors (Lipinski definition) is 2. The monoisotopic (exact) mass is 225 g/mol. The van der Waals surface area contributed by atoms with Crippen molar-refractivity contribution in [1.29, 1.82) is 0 Å². The van der Waals surface area contributed by atoms with Gasteiger partial charge in [0, 0.05) is 24.5 Å². The van der Waals surface area contributed by atoms with E-state index in [-0.39, 0.29) is 0 Å². The van der Waals surface area contributed by atoms with Gasteiger partial charge in [0.15, 0.2) is 4.77 Å². The van der Waals surface area contributed by atoms with Crippen molar-refractivity contribution in [2.45, 2.75) is 32.2 Å². The quantitative estimate of drug-likeness (QED) is 0.781. The molecule has 1 saturated heterocycles. The number of nitrogens with one attached hydrogen (secondary N) is 1. The van der Waals surface area contributed by atoms with Crippen LogP contribution in [0.3, 0.4) is 0 Å². The molecule has 0 radical (unpaired) electrons. The van der Waals surface area contributed by atoms with Gasteiger partial charge in [0.25, 0.3) is 0 Å². The van der Waals surface area contributed by atoms with E-state index in [1.165, 1.54) is 25.1 Å². The van der Waals surface area contributed by atoms with Crippen LogP contribution in [0.1, 0.15) is 31.5 Å². The Hall–Kier alpha value is -0.610. The second kappa shape index (κ2) is 4.49. The number of nitrogens with zero attached hydrogens (tertiary/aromatic N) is 2. The highest BCUT2D eigenvalue weighted by Gasteiger charge is 2.20. The number of likely N-dealkylation sites (tertiary alicyclic amines) is 1. The maximum absolute atomic E-state index is 5.35. The fourth-order valence-corrected chi connectivity index (χ4v) is 2.76. The number of aromatic amines is 1. The Morgan fingerprint density at radius 3 is 3.07 bits per heavy atom. The highest BCUT2D eigenvalue weighted by molar-refractivity contribution is 7.71. The first-order valence-electron chi connectivity index (χ1n) is 5.69. The van der Waals surface area contributed by atoms with Crippen LogP contribution in [0.2, 0.25) is 0 Å². The maximum atomic E-state index is 5.35. The molecule has 0 amide bonds. The van der Waals surface area contributed by atoms with E-state index >= 15 is 0 Å². The van der Waals surface area contributed by atoms with E-state index < -0.39 is 0 Å². The van der Waals surface area contributed by atoms with Gasteiger partial charge in [-0.05, 0) is 45.1 Å². The second-order valence-corrected chi connectivity index (χ2v) is 4.75. The largest absolute Gasteiger partial charge is 0.337 e. The molecule has 0 saturated carbocycles. The van der Waals surface area contributed by atoms with Gasteiger partial charge < -0.3 is 14.5 Å². The minimum absolute atomic E-state index is 0.567. The Morgan fingerprint density at radius 1 is 1.60 bits per heavy atom. The Morgan fingerprint density at radius 2 is 2.40 bits per heavy atom. The average molecular weight is 225 g/mol. The molecule has 1 N–H and O–H groups in total. The molecular weight excluding hydrogens is 206 g/mol. The zero-order valence-electron chi connectivity index (χ0n) is 9.49. The molecule has 15 heavy (non-hydrogen) atoms. The molecule has 0 aliphatic carbocycles. The summed E-state index contributed by atoms with van der Waals surface area (Å²) in [6.45, 7) is 4.52. The van der Waals surface area contributed by atoms with Gasteiger partial charge in [0.1, 0.15) is 0 Å². The van der Waals surface area contributed by atoms with Crippen molar-refractivity contribution in [3.8, 4) is 0 Å². The highest BCUT2D eigenvalue weighted by Crippen LogP contribution is 2.22. The summed E-state index contributed by atoms with van der Waals surface area (Å²) in [5, 5.41) is 0. The van der Waals surface area contributed by atoms with Gasteiger partial charge in [-0.2, -0.15) is 0 Å². The van der Waals surface area contributed by atoms with Gasteiger partial charge in [-0.3, -0.25) is 0 Å². The predicted octanol–water partition coefficient (Wildman–Crippen LogP) is 2.37. The molecule has 84 valence electrons. The van der Waals surface area contributed by atoms with Crippen LogP contribution in [-0.2, 0) is 6.42 Å². The van der Waals surface area contributed by atoms with Gasteiger partial charge in [-0.25, -0.2) is 0 Å². The molecular formula is C11H19N3S. The van der Waals surface area contributed by atoms with Crippen molar-refractivity contribution in [1.82, 2.24) is 14.5 Å². The number of hydrogen-bond donors (Lipinski definition) is 1. The number of H-pyrrole nitrogens is 1. The van der Waals surface area contributed by atoms with Crippen molar-refractivity contribution in [2.24, 2.45) is 0 Å². The lowest BCUT2D eigenvalue weighted by atomic mass is 10.1. The summed E-state index contributed by atoms with van der Waals surface area (Å²) in [6.07, 6.45) is 5.63. The molecule has 1 unspecified atom stereocenters. The van der Waals surface area contributed by atoms with Crippen LogP contribution in [0.5, 0.6) is 0 Å². The van der Waals surface area contributed by atoms with E-state index in [0.717, 1.165) is 17.7 Å². The van der Waals surface area contributed by atoms with Crippen molar-refractivity contribution < 1.29 is 0 Å². The van der Waals surface area contributed by atoms with E-state index in [4.69, 9.17) is 12.2 Å². The third kappa shape index (κ3) is 2.16. The van der Waals surface area contributed by atoms with Crippen molar-refractivity contribution in [3.63, 3.8) is 0 Å². The average Bonchev–Trinajstić information content (AvgIpc) is 2.59. The summed E-state index contributed by atoms with van der Waals surface area (Å²) in [5.74, 6) is 0. The fourth-order valence-electron chi connectivity index (χ4n) is 2.44. The molecule has 0 aromatic carbocycles. The van der Waals surface area contributed by atoms with Gasteiger partial charge in [0.05, 0.1) is 0 Å². The second-order valence-electron chi connectivity index (χ2n) is 4.37. The van der Waals surface area contributed by atoms with E-state index in [1.807, 2.05) is 0 Å². The smallest absolute Gasteiger partial charge is 0.177 e. The molecule has 1 aliphatic rings. The molecule has 4 heteroatoms. The summed E-state index contributed by atoms with van der Waals surface area (Å²) in [7, 11) is 2.19. The van der Waals surface area contributed by atoms with Crippen molar-refractivity contribution in [3.05, 3.63) is 16.7 Å². The summed E-state index contributed by atoms with van der Waals surface area (Å²) >= 11 is 5.35. The van der Waals surface area contributed by atoms with Gasteiger partial charge in [-0.1, -0.05) is 6.92 Å². The number of imidazole rings is 1. The van der Waals surface area contributed by atoms with Gasteiger partial charge in [0.2, 0.25) is 0 Å².